The van der Waals surface area contributed by atoms with E-state index in [9.17, 15) is 14.7 Å². The van der Waals surface area contributed by atoms with Crippen LogP contribution in [0.25, 0.3) is 11.5 Å². The lowest BCUT2D eigenvalue weighted by Gasteiger charge is -2.29. The van der Waals surface area contributed by atoms with Gasteiger partial charge in [0, 0.05) is 17.9 Å². The number of aliphatic carboxylic acids is 1. The van der Waals surface area contributed by atoms with E-state index in [1.54, 1.807) is 0 Å². The number of carboxylic acids is 1. The van der Waals surface area contributed by atoms with E-state index in [4.69, 9.17) is 9.15 Å². The molecule has 1 amide bonds. The standard InChI is InChI=1S/C28H32N2O5/c1-18-11-13-21(14-12-18)27-30-25(19(2)35-27)17-34-23-10-6-9-22(16-23)26(31)29-24(28(32)33)15-20-7-4-3-5-8-20/h3-5,7-8,11-14,22-24H,6,9-10,15-17H2,1-2H3,(H,29,31)(H,32,33)/t22?,23?,24-/m0/s1. The number of ether oxygens (including phenoxy) is 1. The van der Waals surface area contributed by atoms with E-state index in [0.717, 1.165) is 41.8 Å². The fourth-order valence-corrected chi connectivity index (χ4v) is 4.45. The largest absolute Gasteiger partial charge is 0.480 e. The summed E-state index contributed by atoms with van der Waals surface area (Å²) in [5.74, 6) is -0.235. The molecule has 2 N–H and O–H groups in total. The normalized spacial score (nSPS) is 18.7. The summed E-state index contributed by atoms with van der Waals surface area (Å²) in [4.78, 5) is 29.3. The van der Waals surface area contributed by atoms with E-state index in [1.165, 1.54) is 5.56 Å². The van der Waals surface area contributed by atoms with Crippen LogP contribution in [-0.4, -0.2) is 34.1 Å². The third kappa shape index (κ3) is 6.57. The summed E-state index contributed by atoms with van der Waals surface area (Å²) in [6.45, 7) is 4.22. The molecule has 1 aromatic heterocycles. The van der Waals surface area contributed by atoms with Gasteiger partial charge in [-0.2, -0.15) is 0 Å². The van der Waals surface area contributed by atoms with E-state index in [1.807, 2.05) is 68.4 Å². The molecule has 184 valence electrons. The zero-order chi connectivity index (χ0) is 24.8. The van der Waals surface area contributed by atoms with Crippen LogP contribution in [0.1, 0.15) is 48.3 Å². The van der Waals surface area contributed by atoms with E-state index in [0.29, 0.717) is 18.9 Å². The lowest BCUT2D eigenvalue weighted by molar-refractivity contribution is -0.143. The number of carbonyl (C=O) groups excluding carboxylic acids is 1. The van der Waals surface area contributed by atoms with Gasteiger partial charge in [0.05, 0.1) is 12.7 Å². The Balaban J connectivity index is 1.32. The van der Waals surface area contributed by atoms with Crippen LogP contribution in [0.2, 0.25) is 0 Å². The number of rotatable bonds is 9. The number of nitrogens with zero attached hydrogens (tertiary/aromatic N) is 1. The van der Waals surface area contributed by atoms with E-state index in [2.05, 4.69) is 10.3 Å². The number of aromatic nitrogens is 1. The smallest absolute Gasteiger partial charge is 0.326 e. The third-order valence-corrected chi connectivity index (χ3v) is 6.54. The van der Waals surface area contributed by atoms with Gasteiger partial charge in [0.15, 0.2) is 0 Å². The number of carboxylic acid groups (broad SMARTS) is 1. The summed E-state index contributed by atoms with van der Waals surface area (Å²) in [6, 6.07) is 16.4. The predicted molar refractivity (Wildman–Crippen MR) is 132 cm³/mol. The second kappa shape index (κ2) is 11.3. The van der Waals surface area contributed by atoms with Crippen molar-refractivity contribution in [2.75, 3.05) is 0 Å². The average molecular weight is 477 g/mol. The molecule has 0 bridgehead atoms. The molecule has 35 heavy (non-hydrogen) atoms. The summed E-state index contributed by atoms with van der Waals surface area (Å²) in [5.41, 5.74) is 3.72. The first-order valence-electron chi connectivity index (χ1n) is 12.1. The molecule has 1 heterocycles. The lowest BCUT2D eigenvalue weighted by atomic mass is 9.86. The maximum absolute atomic E-state index is 12.9. The molecule has 2 aromatic carbocycles. The van der Waals surface area contributed by atoms with E-state index < -0.39 is 12.0 Å². The SMILES string of the molecule is Cc1ccc(-c2nc(COC3CCCC(C(=O)N[C@@H](Cc4ccccc4)C(=O)O)C3)c(C)o2)cc1. The molecule has 3 atom stereocenters. The maximum atomic E-state index is 12.9. The molecule has 1 fully saturated rings. The number of hydrogen-bond acceptors (Lipinski definition) is 5. The number of hydrogen-bond donors (Lipinski definition) is 2. The van der Waals surface area contributed by atoms with Gasteiger partial charge in [0.25, 0.3) is 0 Å². The Labute approximate surface area is 205 Å². The monoisotopic (exact) mass is 476 g/mol. The number of oxazole rings is 1. The second-order valence-electron chi connectivity index (χ2n) is 9.27. The Hall–Kier alpha value is -3.45. The van der Waals surface area contributed by atoms with Crippen molar-refractivity contribution in [3.63, 3.8) is 0 Å². The van der Waals surface area contributed by atoms with Crippen LogP contribution in [0, 0.1) is 19.8 Å². The van der Waals surface area contributed by atoms with Gasteiger partial charge in [-0.1, -0.05) is 54.4 Å². The van der Waals surface area contributed by atoms with Crippen molar-refractivity contribution >= 4 is 11.9 Å². The third-order valence-electron chi connectivity index (χ3n) is 6.54. The van der Waals surface area contributed by atoms with Crippen LogP contribution in [0.15, 0.2) is 59.0 Å². The van der Waals surface area contributed by atoms with Gasteiger partial charge in [0.2, 0.25) is 11.8 Å². The molecule has 0 aliphatic heterocycles. The van der Waals surface area contributed by atoms with Crippen LogP contribution in [-0.2, 0) is 27.4 Å². The molecule has 1 aliphatic rings. The minimum absolute atomic E-state index is 0.0872. The summed E-state index contributed by atoms with van der Waals surface area (Å²) in [7, 11) is 0. The first-order valence-corrected chi connectivity index (χ1v) is 12.1. The topological polar surface area (TPSA) is 102 Å². The molecule has 4 rings (SSSR count). The van der Waals surface area contributed by atoms with Crippen LogP contribution >= 0.6 is 0 Å². The number of amides is 1. The predicted octanol–water partition coefficient (Wildman–Crippen LogP) is 4.85. The van der Waals surface area contributed by atoms with Gasteiger partial charge in [-0.3, -0.25) is 4.79 Å². The van der Waals surface area contributed by atoms with Crippen LogP contribution in [0.4, 0.5) is 0 Å². The summed E-state index contributed by atoms with van der Waals surface area (Å²) >= 11 is 0. The Morgan fingerprint density at radius 2 is 1.86 bits per heavy atom. The Morgan fingerprint density at radius 3 is 2.57 bits per heavy atom. The molecule has 7 heteroatoms. The Kier molecular flexibility index (Phi) is 7.98. The van der Waals surface area contributed by atoms with Crippen molar-refractivity contribution in [3.8, 4) is 11.5 Å². The van der Waals surface area contributed by atoms with Crippen molar-refractivity contribution < 1.29 is 23.8 Å². The minimum atomic E-state index is -1.03. The van der Waals surface area contributed by atoms with Gasteiger partial charge in [-0.15, -0.1) is 0 Å². The molecule has 7 nitrogen and oxygen atoms in total. The molecular weight excluding hydrogens is 444 g/mol. The van der Waals surface area contributed by atoms with E-state index >= 15 is 0 Å². The fraction of sp³-hybridized carbons (Fsp3) is 0.393. The lowest BCUT2D eigenvalue weighted by Crippen LogP contribution is -2.46. The maximum Gasteiger partial charge on any atom is 0.326 e. The summed E-state index contributed by atoms with van der Waals surface area (Å²) in [6.07, 6.45) is 3.16. The molecule has 0 spiro atoms. The second-order valence-corrected chi connectivity index (χ2v) is 9.27. The number of aryl methyl sites for hydroxylation is 2. The summed E-state index contributed by atoms with van der Waals surface area (Å²) < 4.78 is 12.0. The summed E-state index contributed by atoms with van der Waals surface area (Å²) in [5, 5.41) is 12.4. The molecule has 1 aliphatic carbocycles. The van der Waals surface area contributed by atoms with Crippen molar-refractivity contribution in [1.82, 2.24) is 10.3 Å². The van der Waals surface area contributed by atoms with Gasteiger partial charge in [0.1, 0.15) is 17.5 Å². The van der Waals surface area contributed by atoms with Gasteiger partial charge in [-0.05, 0) is 50.8 Å². The molecule has 1 saturated carbocycles. The molecule has 2 unspecified atom stereocenters. The zero-order valence-corrected chi connectivity index (χ0v) is 20.2. The zero-order valence-electron chi connectivity index (χ0n) is 20.2. The van der Waals surface area contributed by atoms with Crippen molar-refractivity contribution in [3.05, 3.63) is 77.2 Å². The van der Waals surface area contributed by atoms with Gasteiger partial charge in [-0.25, -0.2) is 9.78 Å². The number of nitrogens with one attached hydrogen (secondary N) is 1. The van der Waals surface area contributed by atoms with Crippen LogP contribution in [0.5, 0.6) is 0 Å². The molecule has 3 aromatic rings. The molecule has 0 saturated heterocycles. The number of carbonyl (C=O) groups is 2. The van der Waals surface area contributed by atoms with Crippen LogP contribution < -0.4 is 5.32 Å². The quantitative estimate of drug-likeness (QED) is 0.458. The highest BCUT2D eigenvalue weighted by Crippen LogP contribution is 2.29. The fourth-order valence-electron chi connectivity index (χ4n) is 4.45. The first kappa shape index (κ1) is 24.7. The van der Waals surface area contributed by atoms with E-state index in [-0.39, 0.29) is 24.3 Å². The number of benzene rings is 2. The highest BCUT2D eigenvalue weighted by atomic mass is 16.5. The Bertz CT molecular complexity index is 1140. The van der Waals surface area contributed by atoms with Crippen LogP contribution in [0.3, 0.4) is 0 Å². The van der Waals surface area contributed by atoms with Gasteiger partial charge >= 0.3 is 5.97 Å². The molecular formula is C28H32N2O5. The minimum Gasteiger partial charge on any atom is -0.480 e. The van der Waals surface area contributed by atoms with Crippen molar-refractivity contribution in [2.45, 2.75) is 64.7 Å². The highest BCUT2D eigenvalue weighted by Gasteiger charge is 2.31. The van der Waals surface area contributed by atoms with Crippen molar-refractivity contribution in [1.29, 1.82) is 0 Å². The highest BCUT2D eigenvalue weighted by molar-refractivity contribution is 5.85. The first-order chi connectivity index (χ1) is 16.9. The molecule has 0 radical (unpaired) electrons. The van der Waals surface area contributed by atoms with Gasteiger partial charge < -0.3 is 19.6 Å². The Morgan fingerprint density at radius 1 is 1.11 bits per heavy atom. The van der Waals surface area contributed by atoms with Crippen molar-refractivity contribution in [2.24, 2.45) is 5.92 Å². The average Bonchev–Trinajstić information content (AvgIpc) is 3.23.